The van der Waals surface area contributed by atoms with Crippen molar-refractivity contribution in [2.24, 2.45) is 0 Å². The number of para-hydroxylation sites is 1. The molecule has 0 radical (unpaired) electrons. The van der Waals surface area contributed by atoms with Gasteiger partial charge in [-0.25, -0.2) is 4.79 Å². The maximum Gasteiger partial charge on any atom is 0.328 e. The Kier molecular flexibility index (Phi) is 7.21. The van der Waals surface area contributed by atoms with Crippen molar-refractivity contribution in [3.8, 4) is 0 Å². The molecule has 0 aliphatic carbocycles. The number of anilines is 1. The van der Waals surface area contributed by atoms with Crippen LogP contribution < -0.4 is 10.6 Å². The lowest BCUT2D eigenvalue weighted by Gasteiger charge is -2.18. The van der Waals surface area contributed by atoms with Crippen LogP contribution in [0, 0.1) is 0 Å². The number of carbonyl (C=O) groups excluding carboxylic acids is 3. The number of ether oxygens (including phenoxy) is 1. The van der Waals surface area contributed by atoms with Gasteiger partial charge in [-0.15, -0.1) is 0 Å². The molecule has 1 atom stereocenters. The molecule has 0 bridgehead atoms. The molecular formula is C19H18Cl2N2O4. The average Bonchev–Trinajstić information content (AvgIpc) is 2.62. The Morgan fingerprint density at radius 2 is 1.81 bits per heavy atom. The van der Waals surface area contributed by atoms with Crippen LogP contribution >= 0.6 is 23.2 Å². The van der Waals surface area contributed by atoms with E-state index in [2.05, 4.69) is 10.6 Å². The van der Waals surface area contributed by atoms with Crippen molar-refractivity contribution >= 4 is 46.7 Å². The van der Waals surface area contributed by atoms with Gasteiger partial charge in [0.2, 0.25) is 5.91 Å². The molecule has 2 aromatic rings. The van der Waals surface area contributed by atoms with Crippen LogP contribution in [0.3, 0.4) is 0 Å². The van der Waals surface area contributed by atoms with Crippen molar-refractivity contribution in [2.45, 2.75) is 19.4 Å². The predicted octanol–water partition coefficient (Wildman–Crippen LogP) is 3.47. The van der Waals surface area contributed by atoms with Crippen LogP contribution in [-0.2, 0) is 20.7 Å². The monoisotopic (exact) mass is 408 g/mol. The second-order valence-corrected chi connectivity index (χ2v) is 6.56. The Hall–Kier alpha value is -2.57. The van der Waals surface area contributed by atoms with Gasteiger partial charge >= 0.3 is 5.97 Å². The highest BCUT2D eigenvalue weighted by atomic mass is 35.5. The maximum atomic E-state index is 12.7. The second kappa shape index (κ2) is 9.39. The molecule has 0 aliphatic rings. The zero-order valence-corrected chi connectivity index (χ0v) is 16.2. The summed E-state index contributed by atoms with van der Waals surface area (Å²) in [6.45, 7) is 1.34. The topological polar surface area (TPSA) is 84.5 Å². The molecule has 0 saturated heterocycles. The number of benzene rings is 2. The van der Waals surface area contributed by atoms with E-state index < -0.39 is 17.9 Å². The van der Waals surface area contributed by atoms with Crippen molar-refractivity contribution in [3.63, 3.8) is 0 Å². The molecule has 0 aliphatic heterocycles. The first-order valence-electron chi connectivity index (χ1n) is 8.01. The van der Waals surface area contributed by atoms with Crippen LogP contribution in [0.4, 0.5) is 5.69 Å². The minimum atomic E-state index is -0.966. The Morgan fingerprint density at radius 3 is 2.44 bits per heavy atom. The molecule has 0 saturated carbocycles. The molecular weight excluding hydrogens is 391 g/mol. The van der Waals surface area contributed by atoms with Crippen LogP contribution in [0.25, 0.3) is 0 Å². The van der Waals surface area contributed by atoms with Crippen LogP contribution in [0.15, 0.2) is 42.5 Å². The zero-order valence-electron chi connectivity index (χ0n) is 14.7. The fraction of sp³-hybridized carbons (Fsp3) is 0.211. The van der Waals surface area contributed by atoms with E-state index in [-0.39, 0.29) is 17.9 Å². The third kappa shape index (κ3) is 5.70. The van der Waals surface area contributed by atoms with E-state index in [0.29, 0.717) is 21.3 Å². The lowest BCUT2D eigenvalue weighted by molar-refractivity contribution is -0.142. The zero-order chi connectivity index (χ0) is 20.0. The highest BCUT2D eigenvalue weighted by Crippen LogP contribution is 2.23. The van der Waals surface area contributed by atoms with Crippen LogP contribution in [0.1, 0.15) is 22.8 Å². The Bertz CT molecular complexity index is 871. The molecule has 2 amide bonds. The predicted molar refractivity (Wildman–Crippen MR) is 104 cm³/mol. The molecule has 0 unspecified atom stereocenters. The van der Waals surface area contributed by atoms with Gasteiger partial charge in [0.1, 0.15) is 6.04 Å². The van der Waals surface area contributed by atoms with Crippen molar-refractivity contribution < 1.29 is 19.1 Å². The number of nitrogens with one attached hydrogen (secondary N) is 2. The Morgan fingerprint density at radius 1 is 1.11 bits per heavy atom. The Balaban J connectivity index is 2.25. The van der Waals surface area contributed by atoms with E-state index >= 15 is 0 Å². The number of halogens is 2. The van der Waals surface area contributed by atoms with Gasteiger partial charge in [0, 0.05) is 23.4 Å². The molecule has 0 heterocycles. The first kappa shape index (κ1) is 20.7. The van der Waals surface area contributed by atoms with Crippen LogP contribution in [0.2, 0.25) is 10.0 Å². The Labute approximate surface area is 166 Å². The van der Waals surface area contributed by atoms with Crippen molar-refractivity contribution in [1.29, 1.82) is 0 Å². The van der Waals surface area contributed by atoms with E-state index in [1.54, 1.807) is 42.5 Å². The summed E-state index contributed by atoms with van der Waals surface area (Å²) < 4.78 is 4.79. The van der Waals surface area contributed by atoms with Crippen LogP contribution in [0.5, 0.6) is 0 Å². The van der Waals surface area contributed by atoms with E-state index in [0.717, 1.165) is 0 Å². The molecule has 0 aromatic heterocycles. The minimum Gasteiger partial charge on any atom is -0.467 e. The lowest BCUT2D eigenvalue weighted by Crippen LogP contribution is -2.43. The third-order valence-electron chi connectivity index (χ3n) is 3.71. The molecule has 27 heavy (non-hydrogen) atoms. The number of hydrogen-bond donors (Lipinski definition) is 2. The largest absolute Gasteiger partial charge is 0.467 e. The highest BCUT2D eigenvalue weighted by molar-refractivity contribution is 6.35. The van der Waals surface area contributed by atoms with Gasteiger partial charge in [-0.1, -0.05) is 41.4 Å². The number of amides is 2. The van der Waals surface area contributed by atoms with E-state index in [4.69, 9.17) is 27.9 Å². The fourth-order valence-electron chi connectivity index (χ4n) is 2.46. The third-order valence-corrected chi connectivity index (χ3v) is 4.30. The van der Waals surface area contributed by atoms with Crippen molar-refractivity contribution in [2.75, 3.05) is 12.4 Å². The smallest absolute Gasteiger partial charge is 0.328 e. The summed E-state index contributed by atoms with van der Waals surface area (Å²) in [5, 5.41) is 6.06. The lowest BCUT2D eigenvalue weighted by atomic mass is 10.0. The van der Waals surface area contributed by atoms with Gasteiger partial charge in [0.05, 0.1) is 18.4 Å². The average molecular weight is 409 g/mol. The normalized spacial score (nSPS) is 11.4. The quantitative estimate of drug-likeness (QED) is 0.716. The molecule has 142 valence electrons. The minimum absolute atomic E-state index is 0.122. The summed E-state index contributed by atoms with van der Waals surface area (Å²) in [7, 11) is 1.23. The van der Waals surface area contributed by atoms with Gasteiger partial charge in [-0.05, 0) is 29.8 Å². The molecule has 0 spiro atoms. The van der Waals surface area contributed by atoms with Crippen molar-refractivity contribution in [1.82, 2.24) is 5.32 Å². The number of hydrogen-bond acceptors (Lipinski definition) is 4. The van der Waals surface area contributed by atoms with Gasteiger partial charge in [-0.2, -0.15) is 0 Å². The summed E-state index contributed by atoms with van der Waals surface area (Å²) in [4.78, 5) is 36.2. The summed E-state index contributed by atoms with van der Waals surface area (Å²) in [6.07, 6.45) is 0.122. The van der Waals surface area contributed by atoms with Crippen LogP contribution in [-0.4, -0.2) is 30.9 Å². The summed E-state index contributed by atoms with van der Waals surface area (Å²) in [6, 6.07) is 10.4. The number of rotatable bonds is 6. The molecule has 8 heteroatoms. The summed E-state index contributed by atoms with van der Waals surface area (Å²) in [5.74, 6) is -1.46. The first-order valence-corrected chi connectivity index (χ1v) is 8.76. The standard InChI is InChI=1S/C19H18Cl2N2O4/c1-11(24)22-16-6-4-3-5-14(16)18(25)23-17(19(26)27-2)9-12-7-8-13(20)10-15(12)21/h3-8,10,17H,9H2,1-2H3,(H,22,24)(H,23,25)/t17-/m0/s1. The molecule has 2 rings (SSSR count). The number of esters is 1. The van der Waals surface area contributed by atoms with Crippen molar-refractivity contribution in [3.05, 3.63) is 63.6 Å². The second-order valence-electron chi connectivity index (χ2n) is 5.72. The molecule has 2 N–H and O–H groups in total. The summed E-state index contributed by atoms with van der Waals surface area (Å²) >= 11 is 12.0. The fourth-order valence-corrected chi connectivity index (χ4v) is 2.94. The summed E-state index contributed by atoms with van der Waals surface area (Å²) in [5.41, 5.74) is 1.20. The molecule has 2 aromatic carbocycles. The molecule has 0 fully saturated rings. The SMILES string of the molecule is COC(=O)[C@H](Cc1ccc(Cl)cc1Cl)NC(=O)c1ccccc1NC(C)=O. The molecule has 6 nitrogen and oxygen atoms in total. The van der Waals surface area contributed by atoms with Gasteiger partial charge in [0.15, 0.2) is 0 Å². The highest BCUT2D eigenvalue weighted by Gasteiger charge is 2.24. The van der Waals surface area contributed by atoms with Gasteiger partial charge in [0.25, 0.3) is 5.91 Å². The van der Waals surface area contributed by atoms with Gasteiger partial charge < -0.3 is 15.4 Å². The van der Waals surface area contributed by atoms with Gasteiger partial charge in [-0.3, -0.25) is 9.59 Å². The van der Waals surface area contributed by atoms with E-state index in [9.17, 15) is 14.4 Å². The maximum absolute atomic E-state index is 12.7. The van der Waals surface area contributed by atoms with E-state index in [1.165, 1.54) is 14.0 Å². The number of methoxy groups -OCH3 is 1. The van der Waals surface area contributed by atoms with E-state index in [1.807, 2.05) is 0 Å². The first-order chi connectivity index (χ1) is 12.8. The number of carbonyl (C=O) groups is 3.